The third-order valence-electron chi connectivity index (χ3n) is 3.68. The largest absolute Gasteiger partial charge is 0.335 e. The monoisotopic (exact) mass is 269 g/mol. The second kappa shape index (κ2) is 5.09. The average molecular weight is 269 g/mol. The highest BCUT2D eigenvalue weighted by Crippen LogP contribution is 2.23. The molecule has 20 heavy (non-hydrogen) atoms. The molecular formula is C15H19N5. The lowest BCUT2D eigenvalue weighted by Gasteiger charge is -2.10. The van der Waals surface area contributed by atoms with Crippen molar-refractivity contribution < 1.29 is 0 Å². The topological polar surface area (TPSA) is 61.7 Å². The highest BCUT2D eigenvalue weighted by molar-refractivity contribution is 5.82. The zero-order chi connectivity index (χ0) is 14.1. The van der Waals surface area contributed by atoms with Crippen molar-refractivity contribution in [3.8, 4) is 0 Å². The molecule has 2 heterocycles. The predicted molar refractivity (Wildman–Crippen MR) is 79.2 cm³/mol. The molecule has 0 fully saturated rings. The van der Waals surface area contributed by atoms with Crippen molar-refractivity contribution in [3.05, 3.63) is 48.2 Å². The summed E-state index contributed by atoms with van der Waals surface area (Å²) in [4.78, 5) is 4.39. The molecule has 0 aliphatic carbocycles. The van der Waals surface area contributed by atoms with E-state index in [-0.39, 0.29) is 6.04 Å². The second-order valence-electron chi connectivity index (χ2n) is 4.97. The van der Waals surface area contributed by atoms with E-state index in [1.807, 2.05) is 36.3 Å². The molecule has 0 saturated heterocycles. The normalized spacial score (nSPS) is 12.9. The van der Waals surface area contributed by atoms with Crippen LogP contribution < -0.4 is 5.73 Å². The SMILES string of the molecule is CCn1ccnc1CC(N)c1nn(C)c2ccccc12. The van der Waals surface area contributed by atoms with Crippen LogP contribution in [0, 0.1) is 0 Å². The predicted octanol–water partition coefficient (Wildman–Crippen LogP) is 2.03. The molecule has 5 heteroatoms. The summed E-state index contributed by atoms with van der Waals surface area (Å²) in [6, 6.07) is 8.03. The van der Waals surface area contributed by atoms with Gasteiger partial charge in [-0.25, -0.2) is 4.98 Å². The highest BCUT2D eigenvalue weighted by Gasteiger charge is 2.17. The number of aromatic nitrogens is 4. The fourth-order valence-corrected chi connectivity index (χ4v) is 2.63. The number of hydrogen-bond acceptors (Lipinski definition) is 3. The van der Waals surface area contributed by atoms with Gasteiger partial charge in [-0.05, 0) is 13.0 Å². The number of rotatable bonds is 4. The van der Waals surface area contributed by atoms with Crippen LogP contribution in [0.4, 0.5) is 0 Å². The first kappa shape index (κ1) is 12.9. The molecule has 3 rings (SSSR count). The van der Waals surface area contributed by atoms with Crippen molar-refractivity contribution in [3.63, 3.8) is 0 Å². The Morgan fingerprint density at radius 1 is 1.30 bits per heavy atom. The van der Waals surface area contributed by atoms with Gasteiger partial charge in [0, 0.05) is 37.8 Å². The maximum absolute atomic E-state index is 6.36. The number of imidazole rings is 1. The molecule has 0 spiro atoms. The first-order valence-corrected chi connectivity index (χ1v) is 6.88. The van der Waals surface area contributed by atoms with E-state index in [2.05, 4.69) is 33.7 Å². The molecule has 2 N–H and O–H groups in total. The molecule has 0 aliphatic heterocycles. The van der Waals surface area contributed by atoms with Crippen LogP contribution in [-0.2, 0) is 20.0 Å². The van der Waals surface area contributed by atoms with Crippen LogP contribution in [-0.4, -0.2) is 19.3 Å². The number of nitrogens with two attached hydrogens (primary N) is 1. The van der Waals surface area contributed by atoms with Gasteiger partial charge < -0.3 is 10.3 Å². The Morgan fingerprint density at radius 2 is 2.10 bits per heavy atom. The van der Waals surface area contributed by atoms with Crippen LogP contribution in [0.3, 0.4) is 0 Å². The molecule has 3 aromatic rings. The van der Waals surface area contributed by atoms with E-state index in [0.29, 0.717) is 6.42 Å². The first-order chi connectivity index (χ1) is 9.70. The summed E-state index contributed by atoms with van der Waals surface area (Å²) in [5.74, 6) is 1.01. The van der Waals surface area contributed by atoms with E-state index in [4.69, 9.17) is 5.73 Å². The van der Waals surface area contributed by atoms with Gasteiger partial charge in [-0.15, -0.1) is 0 Å². The molecule has 2 aromatic heterocycles. The van der Waals surface area contributed by atoms with Crippen LogP contribution in [0.2, 0.25) is 0 Å². The third kappa shape index (κ3) is 2.10. The first-order valence-electron chi connectivity index (χ1n) is 6.88. The lowest BCUT2D eigenvalue weighted by atomic mass is 10.1. The summed E-state index contributed by atoms with van der Waals surface area (Å²) in [7, 11) is 1.95. The maximum Gasteiger partial charge on any atom is 0.110 e. The Labute approximate surface area is 118 Å². The summed E-state index contributed by atoms with van der Waals surface area (Å²) >= 11 is 0. The smallest absolute Gasteiger partial charge is 0.110 e. The van der Waals surface area contributed by atoms with Gasteiger partial charge in [0.2, 0.25) is 0 Å². The minimum Gasteiger partial charge on any atom is -0.335 e. The number of hydrogen-bond donors (Lipinski definition) is 1. The van der Waals surface area contributed by atoms with Gasteiger partial charge in [-0.3, -0.25) is 4.68 Å². The fraction of sp³-hybridized carbons (Fsp3) is 0.333. The molecule has 0 bridgehead atoms. The molecule has 5 nitrogen and oxygen atoms in total. The van der Waals surface area contributed by atoms with E-state index in [1.54, 1.807) is 0 Å². The van der Waals surface area contributed by atoms with E-state index < -0.39 is 0 Å². The molecular weight excluding hydrogens is 250 g/mol. The quantitative estimate of drug-likeness (QED) is 0.788. The van der Waals surface area contributed by atoms with Gasteiger partial charge in [0.15, 0.2) is 0 Å². The van der Waals surface area contributed by atoms with E-state index in [9.17, 15) is 0 Å². The van der Waals surface area contributed by atoms with Gasteiger partial charge in [-0.1, -0.05) is 18.2 Å². The molecule has 1 aromatic carbocycles. The lowest BCUT2D eigenvalue weighted by Crippen LogP contribution is -2.17. The highest BCUT2D eigenvalue weighted by atomic mass is 15.3. The zero-order valence-corrected chi connectivity index (χ0v) is 11.8. The lowest BCUT2D eigenvalue weighted by molar-refractivity contribution is 0.608. The number of fused-ring (bicyclic) bond motifs is 1. The number of para-hydroxylation sites is 1. The minimum absolute atomic E-state index is 0.145. The van der Waals surface area contributed by atoms with E-state index in [0.717, 1.165) is 29.0 Å². The van der Waals surface area contributed by atoms with Crippen LogP contribution in [0.25, 0.3) is 10.9 Å². The Balaban J connectivity index is 1.95. The van der Waals surface area contributed by atoms with Crippen molar-refractivity contribution in [2.45, 2.75) is 25.9 Å². The van der Waals surface area contributed by atoms with Crippen molar-refractivity contribution in [2.75, 3.05) is 0 Å². The molecule has 0 saturated carbocycles. The van der Waals surface area contributed by atoms with Crippen molar-refractivity contribution in [1.29, 1.82) is 0 Å². The fourth-order valence-electron chi connectivity index (χ4n) is 2.63. The summed E-state index contributed by atoms with van der Waals surface area (Å²) < 4.78 is 4.00. The van der Waals surface area contributed by atoms with Crippen molar-refractivity contribution >= 4 is 10.9 Å². The summed E-state index contributed by atoms with van der Waals surface area (Å²) in [5.41, 5.74) is 8.41. The standard InChI is InChI=1S/C15H19N5/c1-3-20-9-8-17-14(20)10-12(16)15-11-6-4-5-7-13(11)19(2)18-15/h4-9,12H,3,10,16H2,1-2H3. The molecule has 0 amide bonds. The third-order valence-corrected chi connectivity index (χ3v) is 3.68. The van der Waals surface area contributed by atoms with Gasteiger partial charge >= 0.3 is 0 Å². The van der Waals surface area contributed by atoms with E-state index >= 15 is 0 Å². The van der Waals surface area contributed by atoms with Gasteiger partial charge in [0.1, 0.15) is 5.82 Å². The molecule has 0 aliphatic rings. The maximum atomic E-state index is 6.36. The van der Waals surface area contributed by atoms with Crippen LogP contribution in [0.5, 0.6) is 0 Å². The Kier molecular flexibility index (Phi) is 3.28. The number of benzene rings is 1. The van der Waals surface area contributed by atoms with Crippen molar-refractivity contribution in [2.24, 2.45) is 12.8 Å². The summed E-state index contributed by atoms with van der Waals surface area (Å²) in [6.07, 6.45) is 4.50. The Bertz CT molecular complexity index is 725. The average Bonchev–Trinajstić information content (AvgIpc) is 3.04. The molecule has 1 unspecified atom stereocenters. The minimum atomic E-state index is -0.145. The number of aryl methyl sites for hydroxylation is 2. The molecule has 0 radical (unpaired) electrons. The molecule has 1 atom stereocenters. The van der Waals surface area contributed by atoms with Crippen LogP contribution >= 0.6 is 0 Å². The summed E-state index contributed by atoms with van der Waals surface area (Å²) in [5, 5.41) is 5.70. The van der Waals surface area contributed by atoms with Gasteiger partial charge in [0.05, 0.1) is 17.3 Å². The van der Waals surface area contributed by atoms with Gasteiger partial charge in [-0.2, -0.15) is 5.10 Å². The van der Waals surface area contributed by atoms with Gasteiger partial charge in [0.25, 0.3) is 0 Å². The second-order valence-corrected chi connectivity index (χ2v) is 4.97. The Hall–Kier alpha value is -2.14. The number of nitrogens with zero attached hydrogens (tertiary/aromatic N) is 4. The van der Waals surface area contributed by atoms with E-state index in [1.165, 1.54) is 0 Å². The Morgan fingerprint density at radius 3 is 2.90 bits per heavy atom. The van der Waals surface area contributed by atoms with Crippen LogP contribution in [0.1, 0.15) is 24.5 Å². The van der Waals surface area contributed by atoms with Crippen molar-refractivity contribution in [1.82, 2.24) is 19.3 Å². The molecule has 104 valence electrons. The van der Waals surface area contributed by atoms with Crippen LogP contribution in [0.15, 0.2) is 36.7 Å². The summed E-state index contributed by atoms with van der Waals surface area (Å²) in [6.45, 7) is 3.01. The zero-order valence-electron chi connectivity index (χ0n) is 11.8.